The molecule has 2 heteroatoms. The van der Waals surface area contributed by atoms with Gasteiger partial charge in [-0.25, -0.2) is 0 Å². The van der Waals surface area contributed by atoms with E-state index < -0.39 is 0 Å². The van der Waals surface area contributed by atoms with Crippen molar-refractivity contribution in [1.82, 2.24) is 9.80 Å². The van der Waals surface area contributed by atoms with Crippen molar-refractivity contribution in [2.75, 3.05) is 26.2 Å². The van der Waals surface area contributed by atoms with Gasteiger partial charge in [-0.2, -0.15) is 0 Å². The van der Waals surface area contributed by atoms with E-state index in [2.05, 4.69) is 44.4 Å². The molecule has 0 unspecified atom stereocenters. The first-order valence-electron chi connectivity index (χ1n) is 6.82. The van der Waals surface area contributed by atoms with Crippen molar-refractivity contribution in [2.45, 2.75) is 59.0 Å². The van der Waals surface area contributed by atoms with Gasteiger partial charge in [-0.1, -0.05) is 0 Å². The van der Waals surface area contributed by atoms with Crippen LogP contribution in [0, 0.1) is 5.41 Å². The third kappa shape index (κ3) is 2.28. The zero-order chi connectivity index (χ0) is 12.0. The highest BCUT2D eigenvalue weighted by molar-refractivity contribution is 5.01. The van der Waals surface area contributed by atoms with Gasteiger partial charge < -0.3 is 4.90 Å². The lowest BCUT2D eigenvalue weighted by atomic mass is 9.70. The molecule has 16 heavy (non-hydrogen) atoms. The van der Waals surface area contributed by atoms with Crippen LogP contribution in [0.25, 0.3) is 0 Å². The highest BCUT2D eigenvalue weighted by Crippen LogP contribution is 2.43. The molecule has 0 amide bonds. The molecule has 0 aromatic heterocycles. The summed E-state index contributed by atoms with van der Waals surface area (Å²) in [4.78, 5) is 5.27. The van der Waals surface area contributed by atoms with Crippen molar-refractivity contribution in [2.24, 2.45) is 5.41 Å². The number of nitrogens with zero attached hydrogens (tertiary/aromatic N) is 2. The molecule has 0 aliphatic carbocycles. The topological polar surface area (TPSA) is 6.48 Å². The molecule has 0 saturated carbocycles. The van der Waals surface area contributed by atoms with E-state index in [1.165, 1.54) is 39.0 Å². The average Bonchev–Trinajstić information content (AvgIpc) is 2.12. The first kappa shape index (κ1) is 12.4. The molecular weight excluding hydrogens is 196 g/mol. The van der Waals surface area contributed by atoms with Gasteiger partial charge in [0, 0.05) is 24.7 Å². The minimum atomic E-state index is 0.375. The summed E-state index contributed by atoms with van der Waals surface area (Å²) >= 11 is 0. The van der Waals surface area contributed by atoms with Gasteiger partial charge in [0.25, 0.3) is 0 Å². The molecule has 2 aliphatic heterocycles. The van der Waals surface area contributed by atoms with Crippen molar-refractivity contribution in [3.8, 4) is 0 Å². The van der Waals surface area contributed by atoms with Crippen LogP contribution >= 0.6 is 0 Å². The van der Waals surface area contributed by atoms with Crippen molar-refractivity contribution in [3.05, 3.63) is 0 Å². The minimum absolute atomic E-state index is 0.375. The van der Waals surface area contributed by atoms with Gasteiger partial charge in [0.15, 0.2) is 0 Å². The molecule has 0 aromatic rings. The van der Waals surface area contributed by atoms with Crippen LogP contribution in [-0.2, 0) is 0 Å². The maximum Gasteiger partial charge on any atom is 0.0125 e. The molecule has 0 N–H and O–H groups in total. The fourth-order valence-electron chi connectivity index (χ4n) is 3.07. The monoisotopic (exact) mass is 224 g/mol. The van der Waals surface area contributed by atoms with Crippen molar-refractivity contribution >= 4 is 0 Å². The lowest BCUT2D eigenvalue weighted by molar-refractivity contribution is -0.0929. The first-order chi connectivity index (χ1) is 7.32. The molecule has 2 heterocycles. The predicted molar refractivity (Wildman–Crippen MR) is 69.7 cm³/mol. The zero-order valence-electron chi connectivity index (χ0n) is 11.7. The Morgan fingerprint density at radius 1 is 1.00 bits per heavy atom. The van der Waals surface area contributed by atoms with Crippen LogP contribution in [0.2, 0.25) is 0 Å². The van der Waals surface area contributed by atoms with E-state index in [4.69, 9.17) is 0 Å². The quantitative estimate of drug-likeness (QED) is 0.675. The fourth-order valence-corrected chi connectivity index (χ4v) is 3.07. The molecule has 94 valence electrons. The second-order valence-corrected chi connectivity index (χ2v) is 7.16. The molecule has 0 atom stereocenters. The number of hydrogen-bond acceptors (Lipinski definition) is 2. The standard InChI is InChI=1S/C14H28N2/c1-12(2)15-8-6-14(7-9-15)10-16(11-14)13(3,4)5/h12H,6-11H2,1-5H3. The smallest absolute Gasteiger partial charge is 0.0125 e. The van der Waals surface area contributed by atoms with E-state index in [0.717, 1.165) is 6.04 Å². The predicted octanol–water partition coefficient (Wildman–Crippen LogP) is 2.59. The van der Waals surface area contributed by atoms with Gasteiger partial charge in [-0.05, 0) is 66.0 Å². The molecule has 2 aliphatic rings. The van der Waals surface area contributed by atoms with Gasteiger partial charge in [0.2, 0.25) is 0 Å². The Hall–Kier alpha value is -0.0800. The molecule has 2 nitrogen and oxygen atoms in total. The number of likely N-dealkylation sites (tertiary alicyclic amines) is 2. The third-order valence-corrected chi connectivity index (χ3v) is 4.59. The Morgan fingerprint density at radius 3 is 1.88 bits per heavy atom. The molecule has 2 saturated heterocycles. The lowest BCUT2D eigenvalue weighted by Gasteiger charge is -2.58. The fraction of sp³-hybridized carbons (Fsp3) is 1.00. The summed E-state index contributed by atoms with van der Waals surface area (Å²) < 4.78 is 0. The van der Waals surface area contributed by atoms with Gasteiger partial charge in [0.1, 0.15) is 0 Å². The summed E-state index contributed by atoms with van der Waals surface area (Å²) in [6.45, 7) is 17.0. The highest BCUT2D eigenvalue weighted by atomic mass is 15.3. The Balaban J connectivity index is 1.83. The van der Waals surface area contributed by atoms with E-state index in [1.54, 1.807) is 0 Å². The number of piperidine rings is 1. The van der Waals surface area contributed by atoms with E-state index in [1.807, 2.05) is 0 Å². The Kier molecular flexibility index (Phi) is 3.09. The SMILES string of the molecule is CC(C)N1CCC2(CC1)CN(C(C)(C)C)C2. The third-order valence-electron chi connectivity index (χ3n) is 4.59. The first-order valence-corrected chi connectivity index (χ1v) is 6.82. The molecule has 2 fully saturated rings. The second kappa shape index (κ2) is 3.99. The Morgan fingerprint density at radius 2 is 1.50 bits per heavy atom. The zero-order valence-corrected chi connectivity index (χ0v) is 11.7. The van der Waals surface area contributed by atoms with Crippen LogP contribution in [0.1, 0.15) is 47.5 Å². The van der Waals surface area contributed by atoms with Gasteiger partial charge >= 0.3 is 0 Å². The van der Waals surface area contributed by atoms with Crippen LogP contribution < -0.4 is 0 Å². The van der Waals surface area contributed by atoms with Crippen LogP contribution in [-0.4, -0.2) is 47.6 Å². The van der Waals surface area contributed by atoms with Gasteiger partial charge in [-0.15, -0.1) is 0 Å². The maximum absolute atomic E-state index is 2.64. The molecule has 0 radical (unpaired) electrons. The maximum atomic E-state index is 2.64. The minimum Gasteiger partial charge on any atom is -0.301 e. The van der Waals surface area contributed by atoms with E-state index in [9.17, 15) is 0 Å². The Bertz CT molecular complexity index is 236. The van der Waals surface area contributed by atoms with Crippen molar-refractivity contribution < 1.29 is 0 Å². The lowest BCUT2D eigenvalue weighted by Crippen LogP contribution is -2.65. The molecular formula is C14H28N2. The average molecular weight is 224 g/mol. The number of hydrogen-bond donors (Lipinski definition) is 0. The summed E-state index contributed by atoms with van der Waals surface area (Å²) in [5.74, 6) is 0. The van der Waals surface area contributed by atoms with E-state index >= 15 is 0 Å². The van der Waals surface area contributed by atoms with Crippen LogP contribution in [0.5, 0.6) is 0 Å². The normalized spacial score (nSPS) is 27.4. The van der Waals surface area contributed by atoms with Crippen LogP contribution in [0.15, 0.2) is 0 Å². The number of rotatable bonds is 1. The summed E-state index contributed by atoms with van der Waals surface area (Å²) in [5, 5.41) is 0. The van der Waals surface area contributed by atoms with Gasteiger partial charge in [-0.3, -0.25) is 4.90 Å². The summed E-state index contributed by atoms with van der Waals surface area (Å²) in [6.07, 6.45) is 2.83. The Labute approximate surface area is 101 Å². The molecule has 2 rings (SSSR count). The van der Waals surface area contributed by atoms with E-state index in [-0.39, 0.29) is 0 Å². The van der Waals surface area contributed by atoms with Crippen LogP contribution in [0.4, 0.5) is 0 Å². The molecule has 0 aromatic carbocycles. The molecule has 0 bridgehead atoms. The highest BCUT2D eigenvalue weighted by Gasteiger charge is 2.47. The van der Waals surface area contributed by atoms with Gasteiger partial charge in [0.05, 0.1) is 0 Å². The van der Waals surface area contributed by atoms with E-state index in [0.29, 0.717) is 11.0 Å². The molecule has 1 spiro atoms. The summed E-state index contributed by atoms with van der Waals surface area (Å²) in [6, 6.07) is 0.733. The van der Waals surface area contributed by atoms with Crippen LogP contribution in [0.3, 0.4) is 0 Å². The second-order valence-electron chi connectivity index (χ2n) is 7.16. The largest absolute Gasteiger partial charge is 0.301 e. The van der Waals surface area contributed by atoms with Crippen molar-refractivity contribution in [3.63, 3.8) is 0 Å². The summed E-state index contributed by atoms with van der Waals surface area (Å²) in [7, 11) is 0. The summed E-state index contributed by atoms with van der Waals surface area (Å²) in [5.41, 5.74) is 1.05. The van der Waals surface area contributed by atoms with Crippen molar-refractivity contribution in [1.29, 1.82) is 0 Å².